The van der Waals surface area contributed by atoms with Crippen LogP contribution in [-0.4, -0.2) is 11.3 Å². The molecule has 1 heterocycles. The van der Waals surface area contributed by atoms with Gasteiger partial charge in [0, 0.05) is 17.3 Å². The van der Waals surface area contributed by atoms with Gasteiger partial charge in [0.05, 0.1) is 0 Å². The van der Waals surface area contributed by atoms with Crippen molar-refractivity contribution in [2.75, 3.05) is 0 Å². The number of nitriles is 1. The van der Waals surface area contributed by atoms with Gasteiger partial charge in [-0.15, -0.1) is 0 Å². The van der Waals surface area contributed by atoms with Gasteiger partial charge in [0.1, 0.15) is 11.8 Å². The molecule has 13 heavy (non-hydrogen) atoms. The highest BCUT2D eigenvalue weighted by molar-refractivity contribution is 5.77. The molecule has 0 atom stereocenters. The van der Waals surface area contributed by atoms with Gasteiger partial charge in [-0.25, -0.2) is 13.8 Å². The zero-order valence-electron chi connectivity index (χ0n) is 6.37. The minimum Gasteiger partial charge on any atom is -0.298 e. The molecule has 1 aromatic heterocycles. The largest absolute Gasteiger partial charge is 0.298 e. The fourth-order valence-electron chi connectivity index (χ4n) is 0.830. The molecule has 0 amide bonds. The summed E-state index contributed by atoms with van der Waals surface area (Å²) in [5.41, 5.74) is -0.767. The molecule has 0 aliphatic carbocycles. The second-order valence-corrected chi connectivity index (χ2v) is 2.23. The van der Waals surface area contributed by atoms with Gasteiger partial charge in [-0.3, -0.25) is 4.79 Å². The molecule has 0 aromatic carbocycles. The number of aldehydes is 1. The molecule has 0 saturated heterocycles. The van der Waals surface area contributed by atoms with Gasteiger partial charge in [-0.1, -0.05) is 0 Å². The first kappa shape index (κ1) is 9.26. The summed E-state index contributed by atoms with van der Waals surface area (Å²) in [7, 11) is 0. The quantitative estimate of drug-likeness (QED) is 0.654. The molecule has 3 nitrogen and oxygen atoms in total. The minimum absolute atomic E-state index is 0.124. The van der Waals surface area contributed by atoms with Crippen LogP contribution in [-0.2, 0) is 0 Å². The zero-order chi connectivity index (χ0) is 9.84. The molecule has 0 aliphatic heterocycles. The number of carbonyl (C=O) groups is 1. The van der Waals surface area contributed by atoms with Crippen molar-refractivity contribution in [2.24, 2.45) is 0 Å². The molecular formula is C8H4F2N2O. The predicted molar refractivity (Wildman–Crippen MR) is 39.3 cm³/mol. The lowest BCUT2D eigenvalue weighted by Gasteiger charge is -2.01. The molecule has 66 valence electrons. The number of pyridine rings is 1. The van der Waals surface area contributed by atoms with E-state index in [0.717, 1.165) is 12.3 Å². The van der Waals surface area contributed by atoms with Crippen LogP contribution in [0.15, 0.2) is 12.3 Å². The van der Waals surface area contributed by atoms with Crippen molar-refractivity contribution in [3.63, 3.8) is 0 Å². The van der Waals surface area contributed by atoms with E-state index in [1.54, 1.807) is 6.07 Å². The number of carbonyl (C=O) groups excluding carboxylic acids is 1. The third-order valence-corrected chi connectivity index (χ3v) is 1.44. The lowest BCUT2D eigenvalue weighted by molar-refractivity contribution is 0.110. The summed E-state index contributed by atoms with van der Waals surface area (Å²) in [6, 6.07) is 2.52. The van der Waals surface area contributed by atoms with Crippen LogP contribution in [0.1, 0.15) is 28.0 Å². The van der Waals surface area contributed by atoms with Crippen molar-refractivity contribution in [3.05, 3.63) is 29.1 Å². The van der Waals surface area contributed by atoms with Crippen LogP contribution in [0.5, 0.6) is 0 Å². The number of hydrogen-bond acceptors (Lipinski definition) is 3. The molecule has 0 bridgehead atoms. The highest BCUT2D eigenvalue weighted by Gasteiger charge is 2.13. The number of alkyl halides is 2. The summed E-state index contributed by atoms with van der Waals surface area (Å²) in [6.07, 6.45) is -1.52. The Morgan fingerprint density at radius 3 is 2.77 bits per heavy atom. The van der Waals surface area contributed by atoms with Crippen molar-refractivity contribution in [2.45, 2.75) is 6.43 Å². The van der Waals surface area contributed by atoms with E-state index in [1.165, 1.54) is 0 Å². The van der Waals surface area contributed by atoms with Gasteiger partial charge in [-0.05, 0) is 6.07 Å². The summed E-state index contributed by atoms with van der Waals surface area (Å²) in [6.45, 7) is 0. The van der Waals surface area contributed by atoms with Crippen molar-refractivity contribution in [1.29, 1.82) is 5.26 Å². The molecule has 0 spiro atoms. The minimum atomic E-state index is -2.77. The van der Waals surface area contributed by atoms with E-state index < -0.39 is 12.0 Å². The lowest BCUT2D eigenvalue weighted by atomic mass is 10.1. The Balaban J connectivity index is 3.27. The standard InChI is InChI=1S/C8H4F2N2O/c9-8(10)7-1-6(2-11)12-3-5(7)4-13/h1,3-4,8H. The molecule has 0 unspecified atom stereocenters. The molecule has 1 aromatic rings. The van der Waals surface area contributed by atoms with Crippen molar-refractivity contribution in [1.82, 2.24) is 4.98 Å². The van der Waals surface area contributed by atoms with Gasteiger partial charge in [0.15, 0.2) is 6.29 Å². The maximum absolute atomic E-state index is 12.2. The average molecular weight is 182 g/mol. The summed E-state index contributed by atoms with van der Waals surface area (Å²) in [5.74, 6) is 0. The van der Waals surface area contributed by atoms with E-state index in [-0.39, 0.29) is 17.5 Å². The van der Waals surface area contributed by atoms with E-state index in [4.69, 9.17) is 5.26 Å². The van der Waals surface area contributed by atoms with Gasteiger partial charge < -0.3 is 0 Å². The number of nitrogens with zero attached hydrogens (tertiary/aromatic N) is 2. The molecule has 0 N–H and O–H groups in total. The number of aromatic nitrogens is 1. The van der Waals surface area contributed by atoms with E-state index in [2.05, 4.69) is 4.98 Å². The fraction of sp³-hybridized carbons (Fsp3) is 0.125. The van der Waals surface area contributed by atoms with Crippen molar-refractivity contribution >= 4 is 6.29 Å². The summed E-state index contributed by atoms with van der Waals surface area (Å²) in [4.78, 5) is 13.8. The third kappa shape index (κ3) is 1.85. The normalized spacial score (nSPS) is 9.69. The molecule has 0 saturated carbocycles. The van der Waals surface area contributed by atoms with Crippen molar-refractivity contribution in [3.8, 4) is 6.07 Å². The maximum Gasteiger partial charge on any atom is 0.264 e. The van der Waals surface area contributed by atoms with Crippen molar-refractivity contribution < 1.29 is 13.6 Å². The van der Waals surface area contributed by atoms with E-state index in [0.29, 0.717) is 0 Å². The Kier molecular flexibility index (Phi) is 2.65. The first-order valence-electron chi connectivity index (χ1n) is 3.32. The fourth-order valence-corrected chi connectivity index (χ4v) is 0.830. The second kappa shape index (κ2) is 3.72. The van der Waals surface area contributed by atoms with Crippen LogP contribution >= 0.6 is 0 Å². The summed E-state index contributed by atoms with van der Waals surface area (Å²) < 4.78 is 24.5. The van der Waals surface area contributed by atoms with Crippen LogP contribution in [0.25, 0.3) is 0 Å². The third-order valence-electron chi connectivity index (χ3n) is 1.44. The zero-order valence-corrected chi connectivity index (χ0v) is 6.37. The first-order valence-corrected chi connectivity index (χ1v) is 3.32. The second-order valence-electron chi connectivity index (χ2n) is 2.23. The number of rotatable bonds is 2. The molecule has 0 aliphatic rings. The van der Waals surface area contributed by atoms with Gasteiger partial charge in [-0.2, -0.15) is 5.26 Å². The molecule has 5 heteroatoms. The number of hydrogen-bond donors (Lipinski definition) is 0. The Labute approximate surface area is 72.6 Å². The first-order chi connectivity index (χ1) is 6.19. The number of halogens is 2. The molecule has 0 fully saturated rings. The monoisotopic (exact) mass is 182 g/mol. The van der Waals surface area contributed by atoms with Gasteiger partial charge in [0.25, 0.3) is 6.43 Å². The van der Waals surface area contributed by atoms with Gasteiger partial charge >= 0.3 is 0 Å². The topological polar surface area (TPSA) is 53.8 Å². The van der Waals surface area contributed by atoms with Crippen LogP contribution in [0.4, 0.5) is 8.78 Å². The Hall–Kier alpha value is -1.83. The molecule has 1 rings (SSSR count). The Bertz CT molecular complexity index is 371. The summed E-state index contributed by atoms with van der Waals surface area (Å²) >= 11 is 0. The highest BCUT2D eigenvalue weighted by Crippen LogP contribution is 2.21. The lowest BCUT2D eigenvalue weighted by Crippen LogP contribution is -1.96. The highest BCUT2D eigenvalue weighted by atomic mass is 19.3. The van der Waals surface area contributed by atoms with E-state index in [9.17, 15) is 13.6 Å². The van der Waals surface area contributed by atoms with Gasteiger partial charge in [0.2, 0.25) is 0 Å². The SMILES string of the molecule is N#Cc1cc(C(F)F)c(C=O)cn1. The van der Waals surface area contributed by atoms with Crippen LogP contribution < -0.4 is 0 Å². The van der Waals surface area contributed by atoms with Crippen LogP contribution in [0.3, 0.4) is 0 Å². The maximum atomic E-state index is 12.2. The van der Waals surface area contributed by atoms with E-state index in [1.807, 2.05) is 0 Å². The predicted octanol–water partition coefficient (Wildman–Crippen LogP) is 1.70. The average Bonchev–Trinajstić information content (AvgIpc) is 2.16. The van der Waals surface area contributed by atoms with Crippen LogP contribution in [0, 0.1) is 11.3 Å². The summed E-state index contributed by atoms with van der Waals surface area (Å²) in [5, 5.41) is 8.36. The van der Waals surface area contributed by atoms with E-state index >= 15 is 0 Å². The molecule has 0 radical (unpaired) electrons. The molecular weight excluding hydrogens is 178 g/mol. The smallest absolute Gasteiger partial charge is 0.264 e. The van der Waals surface area contributed by atoms with Crippen LogP contribution in [0.2, 0.25) is 0 Å². The Morgan fingerprint density at radius 2 is 2.31 bits per heavy atom. The Morgan fingerprint density at radius 1 is 1.62 bits per heavy atom.